The lowest BCUT2D eigenvalue weighted by Gasteiger charge is -2.36. The fraction of sp³-hybridized carbons (Fsp3) is 0.500. The number of carbonyl (C=O) groups is 1. The third-order valence-electron chi connectivity index (χ3n) is 3.31. The fourth-order valence-corrected chi connectivity index (χ4v) is 2.24. The second kappa shape index (κ2) is 7.21. The van der Waals surface area contributed by atoms with E-state index in [0.29, 0.717) is 45.0 Å². The summed E-state index contributed by atoms with van der Waals surface area (Å²) in [5.41, 5.74) is 5.89. The summed E-state index contributed by atoms with van der Waals surface area (Å²) in [6.07, 6.45) is 0. The van der Waals surface area contributed by atoms with Gasteiger partial charge in [-0.3, -0.25) is 4.79 Å². The topological polar surface area (TPSA) is 58.8 Å². The van der Waals surface area contributed by atoms with E-state index in [9.17, 15) is 9.18 Å². The van der Waals surface area contributed by atoms with Crippen LogP contribution in [0.15, 0.2) is 24.3 Å². The number of nitrogens with zero attached hydrogens (tertiary/aromatic N) is 2. The fourth-order valence-electron chi connectivity index (χ4n) is 2.24. The molecule has 0 radical (unpaired) electrons. The maximum absolute atomic E-state index is 13.7. The molecule has 0 bridgehead atoms. The average Bonchev–Trinajstić information content (AvgIpc) is 2.48. The Morgan fingerprint density at radius 2 is 1.95 bits per heavy atom. The van der Waals surface area contributed by atoms with Gasteiger partial charge in [-0.05, 0) is 12.1 Å². The molecular weight excluding hydrogens is 261 g/mol. The van der Waals surface area contributed by atoms with Crippen molar-refractivity contribution in [1.29, 1.82) is 0 Å². The zero-order valence-corrected chi connectivity index (χ0v) is 11.4. The van der Waals surface area contributed by atoms with Crippen molar-refractivity contribution in [1.82, 2.24) is 4.90 Å². The molecule has 0 atom stereocenters. The van der Waals surface area contributed by atoms with Crippen molar-refractivity contribution in [2.45, 2.75) is 0 Å². The molecule has 2 N–H and O–H groups in total. The molecule has 1 aliphatic heterocycles. The summed E-state index contributed by atoms with van der Waals surface area (Å²) in [6.45, 7) is 3.29. The number of rotatable bonds is 5. The Labute approximate surface area is 118 Å². The predicted octanol–water partition coefficient (Wildman–Crippen LogP) is 0.450. The largest absolute Gasteiger partial charge is 0.370 e. The van der Waals surface area contributed by atoms with Crippen LogP contribution in [-0.4, -0.2) is 56.7 Å². The Morgan fingerprint density at radius 1 is 1.25 bits per heavy atom. The summed E-state index contributed by atoms with van der Waals surface area (Å²) >= 11 is 0. The molecule has 20 heavy (non-hydrogen) atoms. The van der Waals surface area contributed by atoms with E-state index in [1.807, 2.05) is 11.0 Å². The van der Waals surface area contributed by atoms with Crippen LogP contribution in [0.4, 0.5) is 10.1 Å². The van der Waals surface area contributed by atoms with Crippen molar-refractivity contribution in [2.24, 2.45) is 5.73 Å². The smallest absolute Gasteiger partial charge is 0.248 e. The van der Waals surface area contributed by atoms with Crippen LogP contribution in [-0.2, 0) is 9.53 Å². The van der Waals surface area contributed by atoms with Gasteiger partial charge in [-0.15, -0.1) is 0 Å². The number of carbonyl (C=O) groups excluding carboxylic acids is 1. The van der Waals surface area contributed by atoms with Gasteiger partial charge in [0.25, 0.3) is 0 Å². The van der Waals surface area contributed by atoms with Crippen LogP contribution < -0.4 is 10.6 Å². The third-order valence-corrected chi connectivity index (χ3v) is 3.31. The van der Waals surface area contributed by atoms with Gasteiger partial charge in [0, 0.05) is 32.7 Å². The van der Waals surface area contributed by atoms with Crippen LogP contribution >= 0.6 is 0 Å². The first-order valence-corrected chi connectivity index (χ1v) is 6.77. The minimum Gasteiger partial charge on any atom is -0.370 e. The van der Waals surface area contributed by atoms with Gasteiger partial charge in [0.15, 0.2) is 0 Å². The molecule has 0 aliphatic carbocycles. The first-order chi connectivity index (χ1) is 9.72. The SMILES string of the molecule is NCCOCC(=O)N1CCN(c2ccccc2F)CC1. The monoisotopic (exact) mass is 281 g/mol. The number of halogens is 1. The van der Waals surface area contributed by atoms with Crippen LogP contribution in [0.2, 0.25) is 0 Å². The summed E-state index contributed by atoms with van der Waals surface area (Å²) in [6, 6.07) is 6.70. The highest BCUT2D eigenvalue weighted by Crippen LogP contribution is 2.20. The minimum atomic E-state index is -0.224. The molecule has 1 aliphatic rings. The summed E-state index contributed by atoms with van der Waals surface area (Å²) < 4.78 is 18.8. The van der Waals surface area contributed by atoms with Crippen LogP contribution in [0.5, 0.6) is 0 Å². The Morgan fingerprint density at radius 3 is 2.60 bits per heavy atom. The molecule has 110 valence electrons. The number of para-hydroxylation sites is 1. The molecule has 0 saturated carbocycles. The number of ether oxygens (including phenoxy) is 1. The van der Waals surface area contributed by atoms with Crippen molar-refractivity contribution < 1.29 is 13.9 Å². The highest BCUT2D eigenvalue weighted by atomic mass is 19.1. The quantitative estimate of drug-likeness (QED) is 0.796. The number of amides is 1. The van der Waals surface area contributed by atoms with Gasteiger partial charge in [0.05, 0.1) is 12.3 Å². The highest BCUT2D eigenvalue weighted by Gasteiger charge is 2.22. The van der Waals surface area contributed by atoms with Crippen LogP contribution in [0.25, 0.3) is 0 Å². The summed E-state index contributed by atoms with van der Waals surface area (Å²) in [7, 11) is 0. The second-order valence-corrected chi connectivity index (χ2v) is 4.66. The van der Waals surface area contributed by atoms with E-state index in [-0.39, 0.29) is 18.3 Å². The van der Waals surface area contributed by atoms with Crippen molar-refractivity contribution in [3.8, 4) is 0 Å². The van der Waals surface area contributed by atoms with E-state index in [0.717, 1.165) is 0 Å². The lowest BCUT2D eigenvalue weighted by molar-refractivity contribution is -0.136. The van der Waals surface area contributed by atoms with Gasteiger partial charge >= 0.3 is 0 Å². The molecule has 0 aromatic heterocycles. The zero-order chi connectivity index (χ0) is 14.4. The first kappa shape index (κ1) is 14.7. The number of piperazine rings is 1. The van der Waals surface area contributed by atoms with Gasteiger partial charge < -0.3 is 20.3 Å². The first-order valence-electron chi connectivity index (χ1n) is 6.77. The normalized spacial score (nSPS) is 15.5. The highest BCUT2D eigenvalue weighted by molar-refractivity contribution is 5.77. The summed E-state index contributed by atoms with van der Waals surface area (Å²) in [5.74, 6) is -0.259. The molecule has 1 aromatic carbocycles. The van der Waals surface area contributed by atoms with E-state index in [1.165, 1.54) is 6.07 Å². The van der Waals surface area contributed by atoms with Gasteiger partial charge in [-0.2, -0.15) is 0 Å². The van der Waals surface area contributed by atoms with Gasteiger partial charge in [0.1, 0.15) is 12.4 Å². The zero-order valence-electron chi connectivity index (χ0n) is 11.4. The second-order valence-electron chi connectivity index (χ2n) is 4.66. The van der Waals surface area contributed by atoms with Crippen LogP contribution in [0, 0.1) is 5.82 Å². The van der Waals surface area contributed by atoms with Crippen LogP contribution in [0.1, 0.15) is 0 Å². The van der Waals surface area contributed by atoms with Crippen molar-refractivity contribution >= 4 is 11.6 Å². The molecule has 1 saturated heterocycles. The molecule has 0 spiro atoms. The molecule has 2 rings (SSSR count). The molecule has 1 heterocycles. The lowest BCUT2D eigenvalue weighted by Crippen LogP contribution is -2.50. The molecule has 0 unspecified atom stereocenters. The third kappa shape index (κ3) is 3.68. The van der Waals surface area contributed by atoms with E-state index >= 15 is 0 Å². The van der Waals surface area contributed by atoms with Crippen molar-refractivity contribution in [2.75, 3.05) is 50.8 Å². The van der Waals surface area contributed by atoms with E-state index in [1.54, 1.807) is 17.0 Å². The molecule has 1 amide bonds. The lowest BCUT2D eigenvalue weighted by atomic mass is 10.2. The molecule has 5 nitrogen and oxygen atoms in total. The van der Waals surface area contributed by atoms with Gasteiger partial charge in [-0.1, -0.05) is 12.1 Å². The number of anilines is 1. The molecule has 1 aromatic rings. The predicted molar refractivity (Wildman–Crippen MR) is 75.1 cm³/mol. The number of nitrogens with two attached hydrogens (primary N) is 1. The number of hydrogen-bond donors (Lipinski definition) is 1. The van der Waals surface area contributed by atoms with E-state index in [4.69, 9.17) is 10.5 Å². The van der Waals surface area contributed by atoms with Crippen molar-refractivity contribution in [3.63, 3.8) is 0 Å². The Balaban J connectivity index is 1.83. The Bertz CT molecular complexity index is 448. The van der Waals surface area contributed by atoms with Crippen molar-refractivity contribution in [3.05, 3.63) is 30.1 Å². The minimum absolute atomic E-state index is 0.0355. The average molecular weight is 281 g/mol. The summed E-state index contributed by atoms with van der Waals surface area (Å²) in [4.78, 5) is 15.6. The standard InChI is InChI=1S/C14H20FN3O2/c15-12-3-1-2-4-13(12)17-6-8-18(9-7-17)14(19)11-20-10-5-16/h1-4H,5-11,16H2. The van der Waals surface area contributed by atoms with Crippen LogP contribution in [0.3, 0.4) is 0 Å². The number of hydrogen-bond acceptors (Lipinski definition) is 4. The molecule has 6 heteroatoms. The maximum Gasteiger partial charge on any atom is 0.248 e. The van der Waals surface area contributed by atoms with Gasteiger partial charge in [-0.25, -0.2) is 4.39 Å². The summed E-state index contributed by atoms with van der Waals surface area (Å²) in [5, 5.41) is 0. The van der Waals surface area contributed by atoms with Gasteiger partial charge in [0.2, 0.25) is 5.91 Å². The van der Waals surface area contributed by atoms with E-state index in [2.05, 4.69) is 0 Å². The Hall–Kier alpha value is -1.66. The maximum atomic E-state index is 13.7. The Kier molecular flexibility index (Phi) is 5.31. The number of benzene rings is 1. The molecular formula is C14H20FN3O2. The molecule has 1 fully saturated rings. The van der Waals surface area contributed by atoms with E-state index < -0.39 is 0 Å².